The predicted molar refractivity (Wildman–Crippen MR) is 135 cm³/mol. The first-order chi connectivity index (χ1) is 17.1. The van der Waals surface area contributed by atoms with E-state index in [-0.39, 0.29) is 11.7 Å². The maximum Gasteiger partial charge on any atom is 0.123 e. The van der Waals surface area contributed by atoms with E-state index in [9.17, 15) is 4.39 Å². The highest BCUT2D eigenvalue weighted by Crippen LogP contribution is 2.22. The van der Waals surface area contributed by atoms with Gasteiger partial charge in [0.25, 0.3) is 0 Å². The summed E-state index contributed by atoms with van der Waals surface area (Å²) in [4.78, 5) is 2.33. The van der Waals surface area contributed by atoms with Crippen molar-refractivity contribution in [3.63, 3.8) is 0 Å². The number of amidine groups is 1. The predicted octanol–water partition coefficient (Wildman–Crippen LogP) is 4.35. The van der Waals surface area contributed by atoms with Gasteiger partial charge in [-0.25, -0.2) is 9.40 Å². The molecule has 0 spiro atoms. The second kappa shape index (κ2) is 11.9. The minimum Gasteiger partial charge on any atom is -0.384 e. The summed E-state index contributed by atoms with van der Waals surface area (Å²) >= 11 is 0. The number of nitrogens with zero attached hydrogens (tertiary/aromatic N) is 4. The van der Waals surface area contributed by atoms with Crippen LogP contribution in [0.2, 0.25) is 0 Å². The topological polar surface area (TPSA) is 90.3 Å². The van der Waals surface area contributed by atoms with Crippen molar-refractivity contribution < 1.29 is 9.13 Å². The normalized spacial score (nSPS) is 13.9. The summed E-state index contributed by atoms with van der Waals surface area (Å²) in [7, 11) is 0. The van der Waals surface area contributed by atoms with Crippen LogP contribution in [0.4, 0.5) is 15.8 Å². The van der Waals surface area contributed by atoms with E-state index in [0.717, 1.165) is 49.7 Å². The van der Waals surface area contributed by atoms with E-state index < -0.39 is 0 Å². The van der Waals surface area contributed by atoms with Crippen molar-refractivity contribution in [1.29, 1.82) is 5.41 Å². The molecular weight excluding hydrogens is 443 g/mol. The van der Waals surface area contributed by atoms with Gasteiger partial charge in [-0.05, 0) is 60.7 Å². The van der Waals surface area contributed by atoms with Crippen LogP contribution in [0.15, 0.2) is 83.1 Å². The van der Waals surface area contributed by atoms with E-state index in [0.29, 0.717) is 17.8 Å². The average Bonchev–Trinajstić information content (AvgIpc) is 2.89. The van der Waals surface area contributed by atoms with Crippen molar-refractivity contribution in [2.45, 2.75) is 0 Å². The summed E-state index contributed by atoms with van der Waals surface area (Å²) in [6, 6.07) is 20.9. The lowest BCUT2D eigenvalue weighted by Gasteiger charge is -2.28. The highest BCUT2D eigenvalue weighted by atomic mass is 19.1. The first-order valence-corrected chi connectivity index (χ1v) is 11.4. The third-order valence-corrected chi connectivity index (χ3v) is 5.55. The maximum absolute atomic E-state index is 13.2. The van der Waals surface area contributed by atoms with Gasteiger partial charge in [0.15, 0.2) is 0 Å². The molecule has 7 nitrogen and oxygen atoms in total. The molecule has 0 aromatic heterocycles. The SMILES string of the molecule is N=C(N)c1ccc(/N=N/N(CCN2CCOCC2)c2ccccc2C#Cc2ccc(F)cc2)cc1. The summed E-state index contributed by atoms with van der Waals surface area (Å²) in [5.74, 6) is 6.02. The van der Waals surface area contributed by atoms with Gasteiger partial charge in [-0.3, -0.25) is 10.3 Å². The molecule has 0 unspecified atom stereocenters. The Morgan fingerprint density at radius 3 is 2.43 bits per heavy atom. The Bertz CT molecular complexity index is 1230. The van der Waals surface area contributed by atoms with Gasteiger partial charge in [0.1, 0.15) is 11.7 Å². The lowest BCUT2D eigenvalue weighted by Crippen LogP contribution is -2.40. The first-order valence-electron chi connectivity index (χ1n) is 11.4. The molecule has 0 amide bonds. The number of nitrogens with two attached hydrogens (primary N) is 1. The maximum atomic E-state index is 13.2. The Balaban J connectivity index is 1.60. The van der Waals surface area contributed by atoms with Gasteiger partial charge < -0.3 is 10.5 Å². The van der Waals surface area contributed by atoms with Crippen molar-refractivity contribution in [3.05, 3.63) is 95.3 Å². The van der Waals surface area contributed by atoms with Gasteiger partial charge in [-0.2, -0.15) is 0 Å². The van der Waals surface area contributed by atoms with E-state index in [1.165, 1.54) is 12.1 Å². The lowest BCUT2D eigenvalue weighted by molar-refractivity contribution is 0.0391. The van der Waals surface area contributed by atoms with Gasteiger partial charge in [-0.15, -0.1) is 5.11 Å². The zero-order valence-electron chi connectivity index (χ0n) is 19.3. The number of ether oxygens (including phenoxy) is 1. The standard InChI is InChI=1S/C27H27FN6O/c28-24-11-6-21(7-12-24)5-8-22-3-1-2-4-26(22)34(16-15-33-17-19-35-20-18-33)32-31-25-13-9-23(10-14-25)27(29)30/h1-4,6-7,9-14H,15-20H2,(H3,29,30)/b32-31+. The van der Waals surface area contributed by atoms with Crippen LogP contribution in [0.25, 0.3) is 0 Å². The molecule has 3 N–H and O–H groups in total. The number of hydrogen-bond acceptors (Lipinski definition) is 5. The fraction of sp³-hybridized carbons (Fsp3) is 0.222. The minimum absolute atomic E-state index is 0.00860. The van der Waals surface area contributed by atoms with E-state index in [1.54, 1.807) is 36.4 Å². The van der Waals surface area contributed by atoms with Gasteiger partial charge in [0, 0.05) is 30.8 Å². The Morgan fingerprint density at radius 2 is 1.71 bits per heavy atom. The number of benzene rings is 3. The highest BCUT2D eigenvalue weighted by molar-refractivity contribution is 5.95. The first kappa shape index (κ1) is 24.1. The van der Waals surface area contributed by atoms with Gasteiger partial charge in [-0.1, -0.05) is 29.2 Å². The van der Waals surface area contributed by atoms with E-state index in [1.807, 2.05) is 29.3 Å². The molecule has 1 fully saturated rings. The number of halogens is 1. The van der Waals surface area contributed by atoms with E-state index >= 15 is 0 Å². The largest absolute Gasteiger partial charge is 0.384 e. The molecule has 1 aliphatic rings. The summed E-state index contributed by atoms with van der Waals surface area (Å²) < 4.78 is 18.7. The minimum atomic E-state index is -0.290. The van der Waals surface area contributed by atoms with Gasteiger partial charge in [0.2, 0.25) is 0 Å². The average molecular weight is 471 g/mol. The number of anilines is 1. The molecule has 1 heterocycles. The molecule has 0 radical (unpaired) electrons. The fourth-order valence-corrected chi connectivity index (χ4v) is 3.56. The van der Waals surface area contributed by atoms with Crippen LogP contribution >= 0.6 is 0 Å². The zero-order valence-corrected chi connectivity index (χ0v) is 19.3. The Hall–Kier alpha value is -4.06. The van der Waals surface area contributed by atoms with E-state index in [2.05, 4.69) is 27.1 Å². The molecule has 0 bridgehead atoms. The molecule has 1 saturated heterocycles. The monoisotopic (exact) mass is 470 g/mol. The van der Waals surface area contributed by atoms with Crippen molar-refractivity contribution >= 4 is 17.2 Å². The summed E-state index contributed by atoms with van der Waals surface area (Å²) in [6.07, 6.45) is 0. The highest BCUT2D eigenvalue weighted by Gasteiger charge is 2.15. The number of para-hydroxylation sites is 1. The molecule has 178 valence electrons. The second-order valence-corrected chi connectivity index (χ2v) is 8.00. The number of nitrogen functional groups attached to an aromatic ring is 1. The number of hydrogen-bond donors (Lipinski definition) is 2. The van der Waals surface area contributed by atoms with Crippen LogP contribution in [-0.2, 0) is 4.74 Å². The van der Waals surface area contributed by atoms with Crippen molar-refractivity contribution in [3.8, 4) is 11.8 Å². The third-order valence-electron chi connectivity index (χ3n) is 5.55. The van der Waals surface area contributed by atoms with Gasteiger partial charge in [0.05, 0.1) is 36.7 Å². The molecule has 0 atom stereocenters. The second-order valence-electron chi connectivity index (χ2n) is 8.00. The summed E-state index contributed by atoms with van der Waals surface area (Å²) in [6.45, 7) is 4.62. The summed E-state index contributed by atoms with van der Waals surface area (Å²) in [5, 5.41) is 18.4. The van der Waals surface area contributed by atoms with Crippen LogP contribution in [0.3, 0.4) is 0 Å². The third kappa shape index (κ3) is 6.96. The molecule has 0 aliphatic carbocycles. The van der Waals surface area contributed by atoms with Crippen LogP contribution in [0.1, 0.15) is 16.7 Å². The summed E-state index contributed by atoms with van der Waals surface area (Å²) in [5.41, 5.74) is 9.19. The fourth-order valence-electron chi connectivity index (χ4n) is 3.56. The zero-order chi connectivity index (χ0) is 24.5. The molecule has 3 aromatic carbocycles. The van der Waals surface area contributed by atoms with Crippen molar-refractivity contribution in [2.24, 2.45) is 16.1 Å². The Labute approximate surface area is 204 Å². The molecular formula is C27H27FN6O. The Morgan fingerprint density at radius 1 is 1.00 bits per heavy atom. The molecule has 0 saturated carbocycles. The number of rotatable bonds is 7. The van der Waals surface area contributed by atoms with Crippen LogP contribution < -0.4 is 10.7 Å². The molecule has 1 aliphatic heterocycles. The molecule has 35 heavy (non-hydrogen) atoms. The van der Waals surface area contributed by atoms with Crippen molar-refractivity contribution in [1.82, 2.24) is 4.90 Å². The number of morpholine rings is 1. The number of nitrogens with one attached hydrogen (secondary N) is 1. The quantitative estimate of drug-likeness (QED) is 0.177. The molecule has 8 heteroatoms. The van der Waals surface area contributed by atoms with Crippen LogP contribution in [-0.4, -0.2) is 50.1 Å². The molecule has 4 rings (SSSR count). The Kier molecular flexibility index (Phi) is 8.17. The van der Waals surface area contributed by atoms with Crippen molar-refractivity contribution in [2.75, 3.05) is 44.4 Å². The lowest BCUT2D eigenvalue weighted by atomic mass is 10.1. The molecule has 3 aromatic rings. The van der Waals surface area contributed by atoms with Crippen LogP contribution in [0, 0.1) is 23.1 Å². The van der Waals surface area contributed by atoms with Gasteiger partial charge >= 0.3 is 0 Å². The smallest absolute Gasteiger partial charge is 0.123 e. The van der Waals surface area contributed by atoms with E-state index in [4.69, 9.17) is 15.9 Å². The van der Waals surface area contributed by atoms with Crippen LogP contribution in [0.5, 0.6) is 0 Å².